The number of nitrogens with zero attached hydrogens (tertiary/aromatic N) is 2. The van der Waals surface area contributed by atoms with Gasteiger partial charge in [-0.15, -0.1) is 11.3 Å². The lowest BCUT2D eigenvalue weighted by Crippen LogP contribution is -2.21. The molecule has 0 saturated carbocycles. The zero-order chi connectivity index (χ0) is 9.42. The van der Waals surface area contributed by atoms with Gasteiger partial charge in [-0.1, -0.05) is 0 Å². The van der Waals surface area contributed by atoms with Gasteiger partial charge >= 0.3 is 5.97 Å². The van der Waals surface area contributed by atoms with Crippen LogP contribution in [0.3, 0.4) is 0 Å². The summed E-state index contributed by atoms with van der Waals surface area (Å²) < 4.78 is 1.22. The van der Waals surface area contributed by atoms with Crippen LogP contribution in [0.1, 0.15) is 10.4 Å². The molecule has 1 N–H and O–H groups in total. The quantitative estimate of drug-likeness (QED) is 0.719. The minimum atomic E-state index is -1.25. The Morgan fingerprint density at radius 2 is 2.38 bits per heavy atom. The zero-order valence-corrected chi connectivity index (χ0v) is 7.11. The number of carboxylic acids is 1. The van der Waals surface area contributed by atoms with Gasteiger partial charge in [0.25, 0.3) is 5.56 Å². The molecule has 66 valence electrons. The maximum absolute atomic E-state index is 11.4. The Bertz CT molecular complexity index is 528. The molecular formula is C7H4N2O3S. The number of fused-ring (bicyclic) bond motifs is 1. The number of rotatable bonds is 1. The van der Waals surface area contributed by atoms with Crippen molar-refractivity contribution in [3.05, 3.63) is 33.7 Å². The molecule has 0 atom stereocenters. The molecule has 6 heteroatoms. The summed E-state index contributed by atoms with van der Waals surface area (Å²) in [6.07, 6.45) is 2.58. The lowest BCUT2D eigenvalue weighted by Gasteiger charge is -1.93. The Kier molecular flexibility index (Phi) is 1.63. The van der Waals surface area contributed by atoms with Crippen molar-refractivity contribution in [1.29, 1.82) is 0 Å². The van der Waals surface area contributed by atoms with Crippen LogP contribution in [0.15, 0.2) is 22.6 Å². The van der Waals surface area contributed by atoms with E-state index in [9.17, 15) is 9.59 Å². The van der Waals surface area contributed by atoms with Gasteiger partial charge in [-0.05, 0) is 0 Å². The predicted molar refractivity (Wildman–Crippen MR) is 46.3 cm³/mol. The van der Waals surface area contributed by atoms with Crippen molar-refractivity contribution in [1.82, 2.24) is 9.38 Å². The summed E-state index contributed by atoms with van der Waals surface area (Å²) in [6.45, 7) is 0. The molecule has 0 fully saturated rings. The molecule has 0 spiro atoms. The van der Waals surface area contributed by atoms with Gasteiger partial charge in [0.15, 0.2) is 4.96 Å². The Labute approximate surface area is 75.9 Å². The second-order valence-electron chi connectivity index (χ2n) is 2.34. The molecule has 0 aromatic carbocycles. The van der Waals surface area contributed by atoms with Gasteiger partial charge < -0.3 is 5.11 Å². The van der Waals surface area contributed by atoms with Crippen molar-refractivity contribution in [2.24, 2.45) is 0 Å². The van der Waals surface area contributed by atoms with Gasteiger partial charge in [-0.3, -0.25) is 9.20 Å². The number of aromatic nitrogens is 2. The highest BCUT2D eigenvalue weighted by Gasteiger charge is 2.11. The van der Waals surface area contributed by atoms with Crippen LogP contribution in [0.5, 0.6) is 0 Å². The molecule has 0 aliphatic carbocycles. The summed E-state index contributed by atoms with van der Waals surface area (Å²) in [7, 11) is 0. The molecule has 0 unspecified atom stereocenters. The third-order valence-electron chi connectivity index (χ3n) is 1.57. The summed E-state index contributed by atoms with van der Waals surface area (Å²) in [4.78, 5) is 26.2. The summed E-state index contributed by atoms with van der Waals surface area (Å²) in [5.74, 6) is -1.25. The van der Waals surface area contributed by atoms with E-state index in [4.69, 9.17) is 5.11 Å². The monoisotopic (exact) mass is 196 g/mol. The highest BCUT2D eigenvalue weighted by atomic mass is 32.1. The Balaban J connectivity index is 2.89. The summed E-state index contributed by atoms with van der Waals surface area (Å²) >= 11 is 1.28. The van der Waals surface area contributed by atoms with Crippen molar-refractivity contribution in [3.63, 3.8) is 0 Å². The first-order chi connectivity index (χ1) is 6.20. The van der Waals surface area contributed by atoms with Crippen molar-refractivity contribution < 1.29 is 9.90 Å². The molecule has 2 aromatic heterocycles. The third-order valence-corrected chi connectivity index (χ3v) is 2.34. The third kappa shape index (κ3) is 1.11. The molecule has 2 rings (SSSR count). The average Bonchev–Trinajstić information content (AvgIpc) is 2.52. The van der Waals surface area contributed by atoms with E-state index < -0.39 is 11.5 Å². The van der Waals surface area contributed by atoms with E-state index in [0.29, 0.717) is 4.96 Å². The van der Waals surface area contributed by atoms with Crippen LogP contribution in [0.4, 0.5) is 0 Å². The number of thiazole rings is 1. The number of carboxylic acid groups (broad SMARTS) is 1. The Morgan fingerprint density at radius 1 is 1.62 bits per heavy atom. The van der Waals surface area contributed by atoms with E-state index in [1.807, 2.05) is 0 Å². The molecule has 2 aromatic rings. The van der Waals surface area contributed by atoms with Crippen molar-refractivity contribution >= 4 is 22.3 Å². The maximum Gasteiger partial charge on any atom is 0.342 e. The van der Waals surface area contributed by atoms with E-state index in [1.165, 1.54) is 21.9 Å². The van der Waals surface area contributed by atoms with Crippen molar-refractivity contribution in [2.75, 3.05) is 0 Å². The lowest BCUT2D eigenvalue weighted by molar-refractivity contribution is 0.0694. The highest BCUT2D eigenvalue weighted by Crippen LogP contribution is 2.05. The fourth-order valence-electron chi connectivity index (χ4n) is 0.971. The molecular weight excluding hydrogens is 192 g/mol. The molecule has 0 aliphatic heterocycles. The van der Waals surface area contributed by atoms with Crippen LogP contribution < -0.4 is 5.56 Å². The largest absolute Gasteiger partial charge is 0.477 e. The van der Waals surface area contributed by atoms with Crippen LogP contribution in [0.2, 0.25) is 0 Å². The number of carbonyl (C=O) groups is 1. The van der Waals surface area contributed by atoms with E-state index in [0.717, 1.165) is 6.20 Å². The van der Waals surface area contributed by atoms with Gasteiger partial charge in [0.05, 0.1) is 6.20 Å². The fraction of sp³-hybridized carbons (Fsp3) is 0. The van der Waals surface area contributed by atoms with Gasteiger partial charge in [0.2, 0.25) is 0 Å². The first kappa shape index (κ1) is 7.93. The summed E-state index contributed by atoms with van der Waals surface area (Å²) in [5, 5.41) is 10.3. The fourth-order valence-corrected chi connectivity index (χ4v) is 1.65. The normalized spacial score (nSPS) is 10.5. The van der Waals surface area contributed by atoms with E-state index in [-0.39, 0.29) is 5.56 Å². The molecule has 0 amide bonds. The predicted octanol–water partition coefficient (Wildman–Crippen LogP) is 0.454. The number of aromatic carboxylic acids is 1. The molecule has 5 nitrogen and oxygen atoms in total. The number of hydrogen-bond donors (Lipinski definition) is 1. The lowest BCUT2D eigenvalue weighted by atomic mass is 10.3. The Hall–Kier alpha value is -1.69. The van der Waals surface area contributed by atoms with Gasteiger partial charge in [0.1, 0.15) is 5.56 Å². The van der Waals surface area contributed by atoms with Crippen LogP contribution in [-0.4, -0.2) is 20.5 Å². The second-order valence-corrected chi connectivity index (χ2v) is 3.21. The molecule has 0 saturated heterocycles. The van der Waals surface area contributed by atoms with E-state index in [1.54, 1.807) is 5.38 Å². The summed E-state index contributed by atoms with van der Waals surface area (Å²) in [5.41, 5.74) is -0.852. The van der Waals surface area contributed by atoms with Crippen molar-refractivity contribution in [3.8, 4) is 0 Å². The SMILES string of the molecule is O=C(O)c1cnc2sccn2c1=O. The van der Waals surface area contributed by atoms with Crippen LogP contribution >= 0.6 is 11.3 Å². The van der Waals surface area contributed by atoms with E-state index >= 15 is 0 Å². The van der Waals surface area contributed by atoms with Crippen LogP contribution in [-0.2, 0) is 0 Å². The minimum absolute atomic E-state index is 0.309. The molecule has 13 heavy (non-hydrogen) atoms. The van der Waals surface area contributed by atoms with Gasteiger partial charge in [-0.25, -0.2) is 9.78 Å². The first-order valence-corrected chi connectivity index (χ1v) is 4.26. The van der Waals surface area contributed by atoms with Crippen molar-refractivity contribution in [2.45, 2.75) is 0 Å². The molecule has 2 heterocycles. The van der Waals surface area contributed by atoms with Crippen LogP contribution in [0.25, 0.3) is 4.96 Å². The second kappa shape index (κ2) is 2.67. The maximum atomic E-state index is 11.4. The standard InChI is InChI=1S/C7H4N2O3S/c10-5-4(6(11)12)3-8-7-9(5)1-2-13-7/h1-3H,(H,11,12). The van der Waals surface area contributed by atoms with E-state index in [2.05, 4.69) is 4.98 Å². The van der Waals surface area contributed by atoms with Crippen LogP contribution in [0, 0.1) is 0 Å². The molecule has 0 bridgehead atoms. The zero-order valence-electron chi connectivity index (χ0n) is 6.30. The summed E-state index contributed by atoms with van der Waals surface area (Å²) in [6, 6.07) is 0. The Morgan fingerprint density at radius 3 is 3.08 bits per heavy atom. The number of hydrogen-bond acceptors (Lipinski definition) is 4. The first-order valence-electron chi connectivity index (χ1n) is 3.38. The highest BCUT2D eigenvalue weighted by molar-refractivity contribution is 7.15. The van der Waals surface area contributed by atoms with Gasteiger partial charge in [-0.2, -0.15) is 0 Å². The molecule has 0 aliphatic rings. The topological polar surface area (TPSA) is 71.7 Å². The van der Waals surface area contributed by atoms with Gasteiger partial charge in [0, 0.05) is 11.6 Å². The molecule has 0 radical (unpaired) electrons. The minimum Gasteiger partial charge on any atom is -0.477 e. The average molecular weight is 196 g/mol. The smallest absolute Gasteiger partial charge is 0.342 e.